The Morgan fingerprint density at radius 2 is 2.37 bits per heavy atom. The second kappa shape index (κ2) is 8.35. The van der Waals surface area contributed by atoms with Crippen molar-refractivity contribution in [2.24, 2.45) is 0 Å². The molecule has 0 fully saturated rings. The van der Waals surface area contributed by atoms with Crippen LogP contribution in [0.15, 0.2) is 18.3 Å². The lowest BCUT2D eigenvalue weighted by Gasteiger charge is -2.19. The zero-order valence-electron chi connectivity index (χ0n) is 10.9. The van der Waals surface area contributed by atoms with Gasteiger partial charge in [0.25, 0.3) is 5.91 Å². The zero-order valence-corrected chi connectivity index (χ0v) is 13.2. The fourth-order valence-electron chi connectivity index (χ4n) is 1.18. The molecule has 1 rings (SSSR count). The minimum absolute atomic E-state index is 0.265. The van der Waals surface area contributed by atoms with Gasteiger partial charge in [0.2, 0.25) is 0 Å². The first-order chi connectivity index (χ1) is 9.04. The third kappa shape index (κ3) is 5.76. The Kier molecular flexibility index (Phi) is 7.12. The first kappa shape index (κ1) is 16.2. The molecule has 4 nitrogen and oxygen atoms in total. The van der Waals surface area contributed by atoms with E-state index in [0.717, 1.165) is 18.6 Å². The SMILES string of the molecule is CCCCSC(=S)N(C)NC(=O)c1cc(Cl)ccn1. The Bertz CT molecular complexity index is 456. The number of aromatic nitrogens is 1. The minimum Gasteiger partial charge on any atom is -0.272 e. The number of carbonyl (C=O) groups is 1. The van der Waals surface area contributed by atoms with E-state index in [1.807, 2.05) is 0 Å². The van der Waals surface area contributed by atoms with E-state index in [4.69, 9.17) is 23.8 Å². The molecule has 7 heteroatoms. The normalized spacial score (nSPS) is 10.1. The molecule has 0 aliphatic heterocycles. The molecule has 0 radical (unpaired) electrons. The van der Waals surface area contributed by atoms with Crippen LogP contribution in [0.5, 0.6) is 0 Å². The number of unbranched alkanes of at least 4 members (excludes halogenated alkanes) is 1. The standard InChI is InChI=1S/C12H16ClN3OS2/c1-3-4-7-19-12(18)16(2)15-11(17)10-8-9(13)5-6-14-10/h5-6,8H,3-4,7H2,1-2H3,(H,15,17). The number of thiocarbonyl (C=S) groups is 1. The molecule has 0 aliphatic carbocycles. The lowest BCUT2D eigenvalue weighted by atomic mass is 10.3. The van der Waals surface area contributed by atoms with E-state index in [-0.39, 0.29) is 11.6 Å². The zero-order chi connectivity index (χ0) is 14.3. The van der Waals surface area contributed by atoms with Crippen molar-refractivity contribution in [1.29, 1.82) is 0 Å². The molecule has 0 bridgehead atoms. The predicted octanol–water partition coefficient (Wildman–Crippen LogP) is 3.13. The topological polar surface area (TPSA) is 45.2 Å². The molecule has 0 aliphatic rings. The van der Waals surface area contributed by atoms with Crippen LogP contribution in [0.1, 0.15) is 30.3 Å². The van der Waals surface area contributed by atoms with Gasteiger partial charge in [-0.1, -0.05) is 48.9 Å². The quantitative estimate of drug-likeness (QED) is 0.525. The molecule has 0 saturated carbocycles. The third-order valence-electron chi connectivity index (χ3n) is 2.22. The van der Waals surface area contributed by atoms with E-state index < -0.39 is 0 Å². The first-order valence-electron chi connectivity index (χ1n) is 5.87. The smallest absolute Gasteiger partial charge is 0.272 e. The van der Waals surface area contributed by atoms with Crippen molar-refractivity contribution in [3.8, 4) is 0 Å². The molecule has 104 valence electrons. The molecule has 1 heterocycles. The number of rotatable bonds is 4. The van der Waals surface area contributed by atoms with Crippen LogP contribution >= 0.6 is 35.6 Å². The van der Waals surface area contributed by atoms with Crippen molar-refractivity contribution in [3.63, 3.8) is 0 Å². The van der Waals surface area contributed by atoms with Crippen LogP contribution < -0.4 is 5.43 Å². The van der Waals surface area contributed by atoms with Gasteiger partial charge in [-0.2, -0.15) is 0 Å². The third-order valence-corrected chi connectivity index (χ3v) is 4.10. The maximum absolute atomic E-state index is 11.9. The first-order valence-corrected chi connectivity index (χ1v) is 7.64. The van der Waals surface area contributed by atoms with Gasteiger partial charge >= 0.3 is 0 Å². The number of hydrazine groups is 1. The van der Waals surface area contributed by atoms with Crippen molar-refractivity contribution < 1.29 is 4.79 Å². The van der Waals surface area contributed by atoms with Crippen molar-refractivity contribution in [3.05, 3.63) is 29.0 Å². The highest BCUT2D eigenvalue weighted by Gasteiger charge is 2.12. The Labute approximate surface area is 127 Å². The number of thioether (sulfide) groups is 1. The maximum atomic E-state index is 11.9. The van der Waals surface area contributed by atoms with Gasteiger partial charge in [-0.15, -0.1) is 0 Å². The summed E-state index contributed by atoms with van der Waals surface area (Å²) in [6, 6.07) is 3.13. The van der Waals surface area contributed by atoms with E-state index in [1.165, 1.54) is 17.3 Å². The average molecular weight is 318 g/mol. The Balaban J connectivity index is 2.49. The molecule has 0 saturated heterocycles. The van der Waals surface area contributed by atoms with E-state index in [0.29, 0.717) is 9.34 Å². The second-order valence-electron chi connectivity index (χ2n) is 3.83. The van der Waals surface area contributed by atoms with Crippen molar-refractivity contribution in [1.82, 2.24) is 15.4 Å². The van der Waals surface area contributed by atoms with Crippen LogP contribution in [0, 0.1) is 0 Å². The molecular formula is C12H16ClN3OS2. The molecule has 1 aromatic heterocycles. The summed E-state index contributed by atoms with van der Waals surface area (Å²) in [5, 5.41) is 2.00. The molecule has 1 aromatic rings. The highest BCUT2D eigenvalue weighted by molar-refractivity contribution is 8.22. The Morgan fingerprint density at radius 1 is 1.63 bits per heavy atom. The summed E-state index contributed by atoms with van der Waals surface area (Å²) in [7, 11) is 1.71. The fourth-order valence-corrected chi connectivity index (χ4v) is 2.49. The highest BCUT2D eigenvalue weighted by atomic mass is 35.5. The Hall–Kier alpha value is -0.850. The van der Waals surface area contributed by atoms with E-state index >= 15 is 0 Å². The molecule has 0 spiro atoms. The van der Waals surface area contributed by atoms with Crippen LogP contribution in [0.3, 0.4) is 0 Å². The van der Waals surface area contributed by atoms with Gasteiger partial charge in [-0.25, -0.2) is 0 Å². The van der Waals surface area contributed by atoms with Crippen LogP contribution in [0.4, 0.5) is 0 Å². The predicted molar refractivity (Wildman–Crippen MR) is 84.4 cm³/mol. The lowest BCUT2D eigenvalue weighted by Crippen LogP contribution is -2.41. The summed E-state index contributed by atoms with van der Waals surface area (Å²) in [6.45, 7) is 2.12. The van der Waals surface area contributed by atoms with Crippen LogP contribution in [0.25, 0.3) is 0 Å². The molecule has 19 heavy (non-hydrogen) atoms. The van der Waals surface area contributed by atoms with Gasteiger partial charge in [0.05, 0.1) is 0 Å². The molecular weight excluding hydrogens is 302 g/mol. The van der Waals surface area contributed by atoms with Gasteiger partial charge < -0.3 is 0 Å². The van der Waals surface area contributed by atoms with Gasteiger partial charge in [0.1, 0.15) is 5.69 Å². The molecule has 0 aromatic carbocycles. The monoisotopic (exact) mass is 317 g/mol. The fraction of sp³-hybridized carbons (Fsp3) is 0.417. The number of amides is 1. The average Bonchev–Trinajstić information content (AvgIpc) is 2.38. The van der Waals surface area contributed by atoms with Crippen molar-refractivity contribution in [2.75, 3.05) is 12.8 Å². The molecule has 0 atom stereocenters. The number of nitrogens with zero attached hydrogens (tertiary/aromatic N) is 2. The molecule has 0 unspecified atom stereocenters. The van der Waals surface area contributed by atoms with Crippen molar-refractivity contribution >= 4 is 45.8 Å². The number of nitrogens with one attached hydrogen (secondary N) is 1. The van der Waals surface area contributed by atoms with E-state index in [1.54, 1.807) is 24.9 Å². The van der Waals surface area contributed by atoms with Gasteiger partial charge in [0.15, 0.2) is 4.32 Å². The summed E-state index contributed by atoms with van der Waals surface area (Å²) in [6.07, 6.45) is 3.71. The number of hydrogen-bond acceptors (Lipinski definition) is 4. The lowest BCUT2D eigenvalue weighted by molar-refractivity contribution is 0.0885. The summed E-state index contributed by atoms with van der Waals surface area (Å²) < 4.78 is 0.629. The summed E-state index contributed by atoms with van der Waals surface area (Å²) in [4.78, 5) is 15.9. The maximum Gasteiger partial charge on any atom is 0.288 e. The molecule has 1 amide bonds. The van der Waals surface area contributed by atoms with Gasteiger partial charge in [0, 0.05) is 24.0 Å². The van der Waals surface area contributed by atoms with E-state index in [2.05, 4.69) is 17.3 Å². The van der Waals surface area contributed by atoms with Crippen LogP contribution in [-0.4, -0.2) is 33.0 Å². The number of hydrogen-bond donors (Lipinski definition) is 1. The van der Waals surface area contributed by atoms with E-state index in [9.17, 15) is 4.79 Å². The van der Waals surface area contributed by atoms with Gasteiger partial charge in [-0.05, 0) is 18.6 Å². The summed E-state index contributed by atoms with van der Waals surface area (Å²) >= 11 is 12.6. The number of carbonyl (C=O) groups excluding carboxylic acids is 1. The minimum atomic E-state index is -0.330. The van der Waals surface area contributed by atoms with Gasteiger partial charge in [-0.3, -0.25) is 20.2 Å². The van der Waals surface area contributed by atoms with Crippen LogP contribution in [0.2, 0.25) is 5.02 Å². The number of halogens is 1. The summed E-state index contributed by atoms with van der Waals surface area (Å²) in [5.74, 6) is 0.619. The highest BCUT2D eigenvalue weighted by Crippen LogP contribution is 2.11. The number of pyridine rings is 1. The largest absolute Gasteiger partial charge is 0.288 e. The van der Waals surface area contributed by atoms with Crippen molar-refractivity contribution in [2.45, 2.75) is 19.8 Å². The summed E-state index contributed by atoms with van der Waals surface area (Å²) in [5.41, 5.74) is 2.93. The van der Waals surface area contributed by atoms with Crippen LogP contribution in [-0.2, 0) is 0 Å². The second-order valence-corrected chi connectivity index (χ2v) is 5.99. The Morgan fingerprint density at radius 3 is 3.00 bits per heavy atom. The molecule has 1 N–H and O–H groups in total.